The third-order valence-electron chi connectivity index (χ3n) is 3.62. The summed E-state index contributed by atoms with van der Waals surface area (Å²) in [6.07, 6.45) is 0.750. The lowest BCUT2D eigenvalue weighted by atomic mass is 9.99. The van der Waals surface area contributed by atoms with Gasteiger partial charge in [0, 0.05) is 17.2 Å². The van der Waals surface area contributed by atoms with E-state index in [0.717, 1.165) is 0 Å². The predicted octanol–water partition coefficient (Wildman–Crippen LogP) is 2.07. The zero-order chi connectivity index (χ0) is 15.8. The maximum absolute atomic E-state index is 12.1. The number of nitro benzene ring substituents is 1. The average Bonchev–Trinajstić information content (AvgIpc) is 3.18. The molecule has 0 aromatic heterocycles. The zero-order valence-electron chi connectivity index (χ0n) is 11.8. The first-order valence-electron chi connectivity index (χ1n) is 6.61. The molecule has 0 heterocycles. The first-order valence-corrected chi connectivity index (χ1v) is 6.61. The molecule has 0 aliphatic heterocycles. The Kier molecular flexibility index (Phi) is 3.67. The van der Waals surface area contributed by atoms with Crippen molar-refractivity contribution in [2.75, 3.05) is 0 Å². The van der Waals surface area contributed by atoms with E-state index < -0.39 is 22.3 Å². The Morgan fingerprint density at radius 1 is 1.38 bits per heavy atom. The molecule has 1 aliphatic carbocycles. The Morgan fingerprint density at radius 2 is 2.00 bits per heavy atom. The molecule has 2 rings (SSSR count). The van der Waals surface area contributed by atoms with Gasteiger partial charge in [-0.1, -0.05) is 19.9 Å². The lowest BCUT2D eigenvalue weighted by molar-refractivity contribution is -0.385. The number of hydrogen-bond acceptors (Lipinski definition) is 4. The summed E-state index contributed by atoms with van der Waals surface area (Å²) < 4.78 is 0. The minimum Gasteiger partial charge on any atom is -0.480 e. The van der Waals surface area contributed by atoms with Crippen molar-refractivity contribution in [1.29, 1.82) is 0 Å². The predicted molar refractivity (Wildman–Crippen MR) is 74.3 cm³/mol. The number of carbonyl (C=O) groups excluding carboxylic acids is 1. The highest BCUT2D eigenvalue weighted by molar-refractivity contribution is 5.99. The number of carbonyl (C=O) groups is 2. The Morgan fingerprint density at radius 3 is 2.43 bits per heavy atom. The molecular weight excluding hydrogens is 276 g/mol. The number of aliphatic carboxylic acids is 1. The number of benzene rings is 1. The molecule has 1 aliphatic rings. The van der Waals surface area contributed by atoms with E-state index in [-0.39, 0.29) is 17.2 Å². The fraction of sp³-hybridized carbons (Fsp3) is 0.429. The summed E-state index contributed by atoms with van der Waals surface area (Å²) in [6, 6.07) is 4.22. The van der Waals surface area contributed by atoms with E-state index in [1.54, 1.807) is 0 Å². The number of hydrogen-bond donors (Lipinski definition) is 2. The van der Waals surface area contributed by atoms with Gasteiger partial charge in [0.1, 0.15) is 5.54 Å². The number of amides is 1. The number of nitrogens with one attached hydrogen (secondary N) is 1. The van der Waals surface area contributed by atoms with Crippen LogP contribution < -0.4 is 5.32 Å². The molecule has 2 N–H and O–H groups in total. The van der Waals surface area contributed by atoms with Gasteiger partial charge < -0.3 is 10.4 Å². The van der Waals surface area contributed by atoms with Gasteiger partial charge in [-0.2, -0.15) is 0 Å². The molecule has 21 heavy (non-hydrogen) atoms. The second-order valence-corrected chi connectivity index (χ2v) is 5.53. The Balaban J connectivity index is 2.28. The second-order valence-electron chi connectivity index (χ2n) is 5.53. The molecule has 0 radical (unpaired) electrons. The molecule has 1 aromatic carbocycles. The fourth-order valence-electron chi connectivity index (χ4n) is 2.14. The smallest absolute Gasteiger partial charge is 0.329 e. The maximum atomic E-state index is 12.1. The number of nitrogens with zero attached hydrogens (tertiary/aromatic N) is 1. The van der Waals surface area contributed by atoms with E-state index in [4.69, 9.17) is 5.11 Å². The highest BCUT2D eigenvalue weighted by atomic mass is 16.6. The van der Waals surface area contributed by atoms with Crippen molar-refractivity contribution in [3.8, 4) is 0 Å². The molecule has 1 amide bonds. The summed E-state index contributed by atoms with van der Waals surface area (Å²) in [7, 11) is 0. The second kappa shape index (κ2) is 5.16. The van der Waals surface area contributed by atoms with Crippen LogP contribution in [-0.2, 0) is 4.79 Å². The number of nitro groups is 1. The molecule has 0 spiro atoms. The van der Waals surface area contributed by atoms with Crippen LogP contribution in [0.15, 0.2) is 18.2 Å². The van der Waals surface area contributed by atoms with Crippen molar-refractivity contribution in [2.45, 2.75) is 38.1 Å². The quantitative estimate of drug-likeness (QED) is 0.637. The topological polar surface area (TPSA) is 110 Å². The Hall–Kier alpha value is -2.44. The van der Waals surface area contributed by atoms with Crippen LogP contribution in [-0.4, -0.2) is 27.4 Å². The standard InChI is InChI=1S/C14H16N2O5/c1-8(2)10-4-3-9(7-11(10)16(20)21)12(17)15-14(5-6-14)13(18)19/h3-4,7-8H,5-6H2,1-2H3,(H,15,17)(H,18,19). The van der Waals surface area contributed by atoms with Gasteiger partial charge in [-0.3, -0.25) is 14.9 Å². The van der Waals surface area contributed by atoms with Crippen LogP contribution in [0.5, 0.6) is 0 Å². The summed E-state index contributed by atoms with van der Waals surface area (Å²) in [5, 5.41) is 22.6. The normalized spacial score (nSPS) is 15.6. The summed E-state index contributed by atoms with van der Waals surface area (Å²) in [5.74, 6) is -1.73. The van der Waals surface area contributed by atoms with Crippen LogP contribution in [0, 0.1) is 10.1 Å². The molecule has 0 bridgehead atoms. The fourth-order valence-corrected chi connectivity index (χ4v) is 2.14. The highest BCUT2D eigenvalue weighted by Crippen LogP contribution is 2.36. The third kappa shape index (κ3) is 2.86. The van der Waals surface area contributed by atoms with Crippen molar-refractivity contribution >= 4 is 17.6 Å². The maximum Gasteiger partial charge on any atom is 0.329 e. The van der Waals surface area contributed by atoms with Crippen LogP contribution in [0.25, 0.3) is 0 Å². The molecule has 0 unspecified atom stereocenters. The van der Waals surface area contributed by atoms with Crippen molar-refractivity contribution in [2.24, 2.45) is 0 Å². The SMILES string of the molecule is CC(C)c1ccc(C(=O)NC2(C(=O)O)CC2)cc1[N+](=O)[O-]. The molecule has 1 saturated carbocycles. The summed E-state index contributed by atoms with van der Waals surface area (Å²) in [6.45, 7) is 3.65. The first kappa shape index (κ1) is 15.0. The number of rotatable bonds is 5. The molecule has 0 atom stereocenters. The Labute approximate surface area is 121 Å². The molecule has 112 valence electrons. The number of carboxylic acids is 1. The third-order valence-corrected chi connectivity index (χ3v) is 3.62. The number of carboxylic acid groups (broad SMARTS) is 1. The van der Waals surface area contributed by atoms with E-state index in [0.29, 0.717) is 18.4 Å². The van der Waals surface area contributed by atoms with Gasteiger partial charge in [-0.15, -0.1) is 0 Å². The average molecular weight is 292 g/mol. The van der Waals surface area contributed by atoms with Gasteiger partial charge in [0.15, 0.2) is 0 Å². The van der Waals surface area contributed by atoms with Crippen LogP contribution in [0.1, 0.15) is 48.5 Å². The lowest BCUT2D eigenvalue weighted by Gasteiger charge is -2.13. The first-order chi connectivity index (χ1) is 9.77. The summed E-state index contributed by atoms with van der Waals surface area (Å²) in [4.78, 5) is 33.7. The van der Waals surface area contributed by atoms with E-state index in [1.165, 1.54) is 18.2 Å². The molecule has 1 fully saturated rings. The van der Waals surface area contributed by atoms with Crippen LogP contribution in [0.2, 0.25) is 0 Å². The van der Waals surface area contributed by atoms with Crippen molar-refractivity contribution in [1.82, 2.24) is 5.32 Å². The molecule has 0 saturated heterocycles. The van der Waals surface area contributed by atoms with E-state index in [9.17, 15) is 19.7 Å². The van der Waals surface area contributed by atoms with E-state index in [2.05, 4.69) is 5.32 Å². The molecule has 7 heteroatoms. The van der Waals surface area contributed by atoms with Crippen molar-refractivity contribution in [3.63, 3.8) is 0 Å². The van der Waals surface area contributed by atoms with Gasteiger partial charge in [-0.05, 0) is 24.8 Å². The van der Waals surface area contributed by atoms with Gasteiger partial charge in [0.25, 0.3) is 11.6 Å². The zero-order valence-corrected chi connectivity index (χ0v) is 11.8. The minimum atomic E-state index is -1.21. The molecular formula is C14H16N2O5. The van der Waals surface area contributed by atoms with Crippen LogP contribution in [0.4, 0.5) is 5.69 Å². The van der Waals surface area contributed by atoms with Crippen LogP contribution in [0.3, 0.4) is 0 Å². The van der Waals surface area contributed by atoms with E-state index in [1.807, 2.05) is 13.8 Å². The van der Waals surface area contributed by atoms with Crippen molar-refractivity contribution < 1.29 is 19.6 Å². The summed E-state index contributed by atoms with van der Waals surface area (Å²) >= 11 is 0. The van der Waals surface area contributed by atoms with Gasteiger partial charge in [0.2, 0.25) is 0 Å². The largest absolute Gasteiger partial charge is 0.480 e. The van der Waals surface area contributed by atoms with Gasteiger partial charge in [0.05, 0.1) is 4.92 Å². The highest BCUT2D eigenvalue weighted by Gasteiger charge is 2.51. The van der Waals surface area contributed by atoms with Gasteiger partial charge >= 0.3 is 5.97 Å². The van der Waals surface area contributed by atoms with Crippen molar-refractivity contribution in [3.05, 3.63) is 39.4 Å². The van der Waals surface area contributed by atoms with Crippen LogP contribution >= 0.6 is 0 Å². The van der Waals surface area contributed by atoms with E-state index >= 15 is 0 Å². The van der Waals surface area contributed by atoms with Gasteiger partial charge in [-0.25, -0.2) is 4.79 Å². The molecule has 1 aromatic rings. The Bertz CT molecular complexity index is 620. The lowest BCUT2D eigenvalue weighted by Crippen LogP contribution is -2.43. The minimum absolute atomic E-state index is 0.0451. The molecule has 7 nitrogen and oxygen atoms in total. The summed E-state index contributed by atoms with van der Waals surface area (Å²) in [5.41, 5.74) is -0.699. The monoisotopic (exact) mass is 292 g/mol.